The fourth-order valence-corrected chi connectivity index (χ4v) is 1.59. The molecule has 0 aliphatic heterocycles. The smallest absolute Gasteiger partial charge is 0.331 e. The summed E-state index contributed by atoms with van der Waals surface area (Å²) >= 11 is 0. The number of methoxy groups -OCH3 is 1. The van der Waals surface area contributed by atoms with Gasteiger partial charge in [0, 0.05) is 12.1 Å². The SMILES string of the molecule is C.CCCCOOC=N[C@@H](Cc1ccc(N)cc1)C(=O)OC. The van der Waals surface area contributed by atoms with Gasteiger partial charge >= 0.3 is 5.97 Å². The number of hydrogen-bond donors (Lipinski definition) is 1. The van der Waals surface area contributed by atoms with Gasteiger partial charge in [0.2, 0.25) is 6.40 Å². The fourth-order valence-electron chi connectivity index (χ4n) is 1.59. The van der Waals surface area contributed by atoms with Crippen LogP contribution in [-0.2, 0) is 25.7 Å². The van der Waals surface area contributed by atoms with Crippen molar-refractivity contribution in [3.8, 4) is 0 Å². The molecule has 1 aromatic carbocycles. The molecule has 2 N–H and O–H groups in total. The Balaban J connectivity index is 0.00000441. The fraction of sp³-hybridized carbons (Fsp3) is 0.500. The highest BCUT2D eigenvalue weighted by atomic mass is 17.2. The minimum absolute atomic E-state index is 0. The summed E-state index contributed by atoms with van der Waals surface area (Å²) < 4.78 is 4.73. The molecular weight excluding hydrogens is 284 g/mol. The van der Waals surface area contributed by atoms with Crippen LogP contribution in [0.25, 0.3) is 0 Å². The largest absolute Gasteiger partial charge is 0.467 e. The van der Waals surface area contributed by atoms with Crippen LogP contribution in [0.4, 0.5) is 5.69 Å². The summed E-state index contributed by atoms with van der Waals surface area (Å²) in [6.07, 6.45) is 3.46. The molecule has 0 saturated carbocycles. The van der Waals surface area contributed by atoms with E-state index in [-0.39, 0.29) is 7.43 Å². The van der Waals surface area contributed by atoms with E-state index in [1.165, 1.54) is 7.11 Å². The third kappa shape index (κ3) is 7.64. The van der Waals surface area contributed by atoms with Crippen LogP contribution >= 0.6 is 0 Å². The number of nitrogens with two attached hydrogens (primary N) is 1. The molecule has 0 saturated heterocycles. The first kappa shape index (κ1) is 19.9. The number of aliphatic imine (C=N–C) groups is 1. The number of nitrogen functional groups attached to an aromatic ring is 1. The summed E-state index contributed by atoms with van der Waals surface area (Å²) in [5.74, 6) is -0.430. The molecule has 0 heterocycles. The van der Waals surface area contributed by atoms with E-state index in [4.69, 9.17) is 20.2 Å². The molecular formula is C16H26N2O4. The Morgan fingerprint density at radius 3 is 2.64 bits per heavy atom. The van der Waals surface area contributed by atoms with Crippen molar-refractivity contribution in [3.63, 3.8) is 0 Å². The molecule has 0 bridgehead atoms. The Morgan fingerprint density at radius 2 is 2.05 bits per heavy atom. The summed E-state index contributed by atoms with van der Waals surface area (Å²) in [6.45, 7) is 2.54. The number of carbonyl (C=O) groups is 1. The maximum atomic E-state index is 11.7. The van der Waals surface area contributed by atoms with Crippen LogP contribution in [-0.4, -0.2) is 32.1 Å². The second-order valence-electron chi connectivity index (χ2n) is 4.51. The van der Waals surface area contributed by atoms with E-state index in [1.807, 2.05) is 12.1 Å². The summed E-state index contributed by atoms with van der Waals surface area (Å²) in [7, 11) is 1.33. The molecule has 1 aromatic rings. The third-order valence-corrected chi connectivity index (χ3v) is 2.82. The summed E-state index contributed by atoms with van der Waals surface area (Å²) in [5.41, 5.74) is 7.23. The van der Waals surface area contributed by atoms with E-state index in [0.717, 1.165) is 24.8 Å². The molecule has 22 heavy (non-hydrogen) atoms. The van der Waals surface area contributed by atoms with Gasteiger partial charge in [-0.2, -0.15) is 4.89 Å². The van der Waals surface area contributed by atoms with Crippen molar-refractivity contribution >= 4 is 18.1 Å². The second-order valence-corrected chi connectivity index (χ2v) is 4.51. The molecule has 6 nitrogen and oxygen atoms in total. The predicted octanol–water partition coefficient (Wildman–Crippen LogP) is 2.77. The van der Waals surface area contributed by atoms with Crippen molar-refractivity contribution in [2.24, 2.45) is 4.99 Å². The summed E-state index contributed by atoms with van der Waals surface area (Å²) in [6, 6.07) is 6.57. The maximum absolute atomic E-state index is 11.7. The highest BCUT2D eigenvalue weighted by Gasteiger charge is 2.18. The van der Waals surface area contributed by atoms with Crippen LogP contribution in [0.15, 0.2) is 29.3 Å². The first-order valence-corrected chi connectivity index (χ1v) is 6.89. The van der Waals surface area contributed by atoms with E-state index in [0.29, 0.717) is 18.7 Å². The van der Waals surface area contributed by atoms with Gasteiger partial charge in [0.15, 0.2) is 6.04 Å². The maximum Gasteiger partial charge on any atom is 0.331 e. The van der Waals surface area contributed by atoms with Crippen molar-refractivity contribution in [2.45, 2.75) is 39.7 Å². The van der Waals surface area contributed by atoms with Crippen LogP contribution in [0.5, 0.6) is 0 Å². The minimum Gasteiger partial charge on any atom is -0.467 e. The number of hydrogen-bond acceptors (Lipinski definition) is 6. The average molecular weight is 310 g/mol. The van der Waals surface area contributed by atoms with Gasteiger partial charge in [-0.3, -0.25) is 0 Å². The Morgan fingerprint density at radius 1 is 1.36 bits per heavy atom. The van der Waals surface area contributed by atoms with Crippen molar-refractivity contribution in [3.05, 3.63) is 29.8 Å². The van der Waals surface area contributed by atoms with Gasteiger partial charge in [0.1, 0.15) is 0 Å². The van der Waals surface area contributed by atoms with Gasteiger partial charge in [-0.05, 0) is 24.1 Å². The van der Waals surface area contributed by atoms with Gasteiger partial charge < -0.3 is 15.4 Å². The topological polar surface area (TPSA) is 83.1 Å². The van der Waals surface area contributed by atoms with E-state index in [1.54, 1.807) is 12.1 Å². The van der Waals surface area contributed by atoms with Gasteiger partial charge in [0.25, 0.3) is 0 Å². The lowest BCUT2D eigenvalue weighted by atomic mass is 10.1. The number of nitrogens with zero attached hydrogens (tertiary/aromatic N) is 1. The highest BCUT2D eigenvalue weighted by Crippen LogP contribution is 2.10. The van der Waals surface area contributed by atoms with E-state index in [2.05, 4.69) is 11.9 Å². The Hall–Kier alpha value is -2.08. The van der Waals surface area contributed by atoms with Gasteiger partial charge in [0.05, 0.1) is 13.7 Å². The van der Waals surface area contributed by atoms with Gasteiger partial charge in [-0.25, -0.2) is 9.79 Å². The van der Waals surface area contributed by atoms with Crippen molar-refractivity contribution < 1.29 is 19.3 Å². The Labute approximate surface area is 132 Å². The molecule has 124 valence electrons. The molecule has 0 amide bonds. The first-order valence-electron chi connectivity index (χ1n) is 6.89. The molecule has 0 aromatic heterocycles. The minimum atomic E-state index is -0.673. The lowest BCUT2D eigenvalue weighted by molar-refractivity contribution is -0.217. The molecule has 1 atom stereocenters. The zero-order valence-corrected chi connectivity index (χ0v) is 12.5. The van der Waals surface area contributed by atoms with Crippen LogP contribution < -0.4 is 5.73 Å². The zero-order valence-electron chi connectivity index (χ0n) is 12.5. The predicted molar refractivity (Wildman–Crippen MR) is 87.5 cm³/mol. The Bertz CT molecular complexity index is 446. The quantitative estimate of drug-likeness (QED) is 0.144. The number of esters is 1. The number of unbranched alkanes of at least 4 members (excludes halogenated alkanes) is 1. The molecule has 0 aliphatic carbocycles. The summed E-state index contributed by atoms with van der Waals surface area (Å²) in [5, 5.41) is 0. The number of benzene rings is 1. The number of rotatable bonds is 9. The van der Waals surface area contributed by atoms with Crippen molar-refractivity contribution in [2.75, 3.05) is 19.5 Å². The highest BCUT2D eigenvalue weighted by molar-refractivity contribution is 5.77. The lowest BCUT2D eigenvalue weighted by Gasteiger charge is -2.10. The normalized spacial score (nSPS) is 11.7. The van der Waals surface area contributed by atoms with E-state index < -0.39 is 12.0 Å². The van der Waals surface area contributed by atoms with Crippen LogP contribution in [0.1, 0.15) is 32.8 Å². The molecule has 1 rings (SSSR count). The van der Waals surface area contributed by atoms with Crippen molar-refractivity contribution in [1.29, 1.82) is 0 Å². The second kappa shape index (κ2) is 11.6. The lowest BCUT2D eigenvalue weighted by Crippen LogP contribution is -2.23. The van der Waals surface area contributed by atoms with Gasteiger partial charge in [-0.1, -0.05) is 32.9 Å². The van der Waals surface area contributed by atoms with Crippen LogP contribution in [0, 0.1) is 0 Å². The summed E-state index contributed by atoms with van der Waals surface area (Å²) in [4.78, 5) is 25.4. The number of carbonyl (C=O) groups excluding carboxylic acids is 1. The molecule has 0 unspecified atom stereocenters. The average Bonchev–Trinajstić information content (AvgIpc) is 2.50. The molecule has 0 fully saturated rings. The standard InChI is InChI=1S/C15H22N2O4.CH4/c1-3-4-9-20-21-11-17-14(15(18)19-2)10-12-5-7-13(16)8-6-12;/h5-8,11,14H,3-4,9-10,16H2,1-2H3;1H4/t14-;/m0./s1. The molecule has 0 aliphatic rings. The van der Waals surface area contributed by atoms with Crippen LogP contribution in [0.2, 0.25) is 0 Å². The first-order chi connectivity index (χ1) is 10.2. The van der Waals surface area contributed by atoms with Gasteiger partial charge in [-0.15, -0.1) is 0 Å². The van der Waals surface area contributed by atoms with Crippen LogP contribution in [0.3, 0.4) is 0 Å². The number of anilines is 1. The zero-order chi connectivity index (χ0) is 15.5. The van der Waals surface area contributed by atoms with Crippen molar-refractivity contribution in [1.82, 2.24) is 0 Å². The Kier molecular flexibility index (Phi) is 10.5. The third-order valence-electron chi connectivity index (χ3n) is 2.82. The molecule has 0 spiro atoms. The van der Waals surface area contributed by atoms with E-state index in [9.17, 15) is 4.79 Å². The molecule has 6 heteroatoms. The van der Waals surface area contributed by atoms with E-state index >= 15 is 0 Å². The molecule has 0 radical (unpaired) electrons. The monoisotopic (exact) mass is 310 g/mol. The number of ether oxygens (including phenoxy) is 1.